The molecule has 0 radical (unpaired) electrons. The molecule has 16 heavy (non-hydrogen) atoms. The molecule has 86 valence electrons. The molecule has 0 N–H and O–H groups in total. The number of halogens is 1. The minimum atomic E-state index is -0.240. The summed E-state index contributed by atoms with van der Waals surface area (Å²) in [5, 5.41) is 0. The Morgan fingerprint density at radius 3 is 2.88 bits per heavy atom. The lowest BCUT2D eigenvalue weighted by molar-refractivity contribution is -0.139. The average Bonchev–Trinajstić information content (AvgIpc) is 2.28. The van der Waals surface area contributed by atoms with Gasteiger partial charge in [-0.25, -0.2) is 0 Å². The van der Waals surface area contributed by atoms with Gasteiger partial charge in [0, 0.05) is 0 Å². The van der Waals surface area contributed by atoms with E-state index in [0.717, 1.165) is 14.9 Å². The molecule has 1 rings (SSSR count). The first-order valence-corrected chi connectivity index (χ1v) is 5.84. The third-order valence-electron chi connectivity index (χ3n) is 1.93. The fourth-order valence-corrected chi connectivity index (χ4v) is 1.89. The van der Waals surface area contributed by atoms with Crippen molar-refractivity contribution in [2.75, 3.05) is 13.7 Å². The van der Waals surface area contributed by atoms with Crippen LogP contribution in [0.25, 0.3) is 0 Å². The maximum atomic E-state index is 11.1. The second-order valence-corrected chi connectivity index (χ2v) is 4.28. The first kappa shape index (κ1) is 13.0. The molecule has 0 saturated carbocycles. The highest BCUT2D eigenvalue weighted by molar-refractivity contribution is 14.1. The zero-order valence-corrected chi connectivity index (χ0v) is 11.2. The van der Waals surface area contributed by atoms with Gasteiger partial charge in [0.05, 0.1) is 17.1 Å². The van der Waals surface area contributed by atoms with E-state index < -0.39 is 0 Å². The zero-order valence-electron chi connectivity index (χ0n) is 9.03. The minimum absolute atomic E-state index is 0.240. The Labute approximate surface area is 109 Å². The molecule has 0 fully saturated rings. The maximum absolute atomic E-state index is 11.1. The quantitative estimate of drug-likeness (QED) is 0.472. The Balaban J connectivity index is 2.74. The molecule has 4 heteroatoms. The molecule has 3 nitrogen and oxygen atoms in total. The molecular formula is C12H13IO3. The summed E-state index contributed by atoms with van der Waals surface area (Å²) in [6, 6.07) is 5.62. The van der Waals surface area contributed by atoms with Gasteiger partial charge in [0.25, 0.3) is 0 Å². The number of carbonyl (C=O) groups excluding carboxylic acids is 1. The van der Waals surface area contributed by atoms with Crippen LogP contribution in [0.15, 0.2) is 30.9 Å². The lowest BCUT2D eigenvalue weighted by Gasteiger charge is -2.07. The number of esters is 1. The van der Waals surface area contributed by atoms with Crippen molar-refractivity contribution in [3.05, 3.63) is 40.0 Å². The highest BCUT2D eigenvalue weighted by Gasteiger charge is 2.06. The summed E-state index contributed by atoms with van der Waals surface area (Å²) >= 11 is 2.17. The largest absolute Gasteiger partial charge is 0.488 e. The number of carbonyl (C=O) groups is 1. The number of methoxy groups -OCH3 is 1. The molecule has 0 aliphatic heterocycles. The number of hydrogen-bond donors (Lipinski definition) is 0. The topological polar surface area (TPSA) is 35.5 Å². The van der Waals surface area contributed by atoms with Crippen LogP contribution in [0.2, 0.25) is 0 Å². The van der Waals surface area contributed by atoms with Crippen molar-refractivity contribution in [3.8, 4) is 5.75 Å². The van der Waals surface area contributed by atoms with Crippen molar-refractivity contribution in [1.82, 2.24) is 0 Å². The Morgan fingerprint density at radius 2 is 2.31 bits per heavy atom. The maximum Gasteiger partial charge on any atom is 0.309 e. The van der Waals surface area contributed by atoms with Crippen LogP contribution in [0.1, 0.15) is 5.56 Å². The molecule has 0 bridgehead atoms. The summed E-state index contributed by atoms with van der Waals surface area (Å²) in [6.07, 6.45) is 1.98. The highest BCUT2D eigenvalue weighted by atomic mass is 127. The van der Waals surface area contributed by atoms with E-state index in [0.29, 0.717) is 6.61 Å². The number of ether oxygens (including phenoxy) is 2. The van der Waals surface area contributed by atoms with Crippen LogP contribution < -0.4 is 4.74 Å². The molecule has 0 aliphatic rings. The van der Waals surface area contributed by atoms with Crippen LogP contribution in [-0.2, 0) is 16.0 Å². The smallest absolute Gasteiger partial charge is 0.309 e. The van der Waals surface area contributed by atoms with Crippen molar-refractivity contribution in [1.29, 1.82) is 0 Å². The van der Waals surface area contributed by atoms with Gasteiger partial charge in [-0.05, 0) is 40.3 Å². The molecule has 0 heterocycles. The molecule has 0 aliphatic carbocycles. The molecule has 0 unspecified atom stereocenters. The van der Waals surface area contributed by atoms with Crippen LogP contribution >= 0.6 is 22.6 Å². The van der Waals surface area contributed by atoms with E-state index in [9.17, 15) is 4.79 Å². The van der Waals surface area contributed by atoms with Gasteiger partial charge < -0.3 is 9.47 Å². The SMILES string of the molecule is C=CCOc1ccc(CC(=O)OC)cc1I. The highest BCUT2D eigenvalue weighted by Crippen LogP contribution is 2.22. The Bertz CT molecular complexity index is 388. The van der Waals surface area contributed by atoms with Gasteiger partial charge >= 0.3 is 5.97 Å². The first-order chi connectivity index (χ1) is 7.67. The van der Waals surface area contributed by atoms with Gasteiger partial charge in [0.1, 0.15) is 12.4 Å². The fraction of sp³-hybridized carbons (Fsp3) is 0.250. The Hall–Kier alpha value is -1.04. The second kappa shape index (κ2) is 6.52. The van der Waals surface area contributed by atoms with E-state index in [1.54, 1.807) is 6.08 Å². The first-order valence-electron chi connectivity index (χ1n) is 4.76. The summed E-state index contributed by atoms with van der Waals surface area (Å²) in [6.45, 7) is 4.06. The van der Waals surface area contributed by atoms with E-state index in [4.69, 9.17) is 4.74 Å². The van der Waals surface area contributed by atoms with Gasteiger partial charge in [0.2, 0.25) is 0 Å². The third-order valence-corrected chi connectivity index (χ3v) is 2.77. The molecule has 0 atom stereocenters. The number of rotatable bonds is 5. The predicted molar refractivity (Wildman–Crippen MR) is 70.6 cm³/mol. The van der Waals surface area contributed by atoms with Crippen LogP contribution in [0, 0.1) is 3.57 Å². The molecular weight excluding hydrogens is 319 g/mol. The predicted octanol–water partition coefficient (Wildman–Crippen LogP) is 2.57. The number of benzene rings is 1. The molecule has 0 saturated heterocycles. The Kier molecular flexibility index (Phi) is 5.31. The standard InChI is InChI=1S/C12H13IO3/c1-3-6-16-11-5-4-9(7-10(11)13)8-12(14)15-2/h3-5,7H,1,6,8H2,2H3. The summed E-state index contributed by atoms with van der Waals surface area (Å²) < 4.78 is 11.0. The van der Waals surface area contributed by atoms with Gasteiger partial charge in [0.15, 0.2) is 0 Å². The molecule has 0 amide bonds. The van der Waals surface area contributed by atoms with Gasteiger partial charge in [-0.2, -0.15) is 0 Å². The van der Waals surface area contributed by atoms with Gasteiger partial charge in [-0.1, -0.05) is 18.7 Å². The van der Waals surface area contributed by atoms with Crippen LogP contribution in [-0.4, -0.2) is 19.7 Å². The number of hydrogen-bond acceptors (Lipinski definition) is 3. The summed E-state index contributed by atoms with van der Waals surface area (Å²) in [5.41, 5.74) is 0.919. The second-order valence-electron chi connectivity index (χ2n) is 3.12. The van der Waals surface area contributed by atoms with Crippen LogP contribution in [0.4, 0.5) is 0 Å². The Morgan fingerprint density at radius 1 is 1.56 bits per heavy atom. The summed E-state index contributed by atoms with van der Waals surface area (Å²) in [4.78, 5) is 11.1. The van der Waals surface area contributed by atoms with Crippen molar-refractivity contribution in [3.63, 3.8) is 0 Å². The molecule has 0 spiro atoms. The molecule has 1 aromatic carbocycles. The van der Waals surface area contributed by atoms with E-state index in [-0.39, 0.29) is 12.4 Å². The minimum Gasteiger partial charge on any atom is -0.488 e. The van der Waals surface area contributed by atoms with Crippen molar-refractivity contribution in [2.24, 2.45) is 0 Å². The van der Waals surface area contributed by atoms with Crippen LogP contribution in [0.3, 0.4) is 0 Å². The lowest BCUT2D eigenvalue weighted by Crippen LogP contribution is -2.05. The van der Waals surface area contributed by atoms with E-state index in [1.165, 1.54) is 7.11 Å². The van der Waals surface area contributed by atoms with Crippen LogP contribution in [0.5, 0.6) is 5.75 Å². The average molecular weight is 332 g/mol. The van der Waals surface area contributed by atoms with E-state index in [2.05, 4.69) is 33.9 Å². The van der Waals surface area contributed by atoms with E-state index in [1.807, 2.05) is 18.2 Å². The van der Waals surface area contributed by atoms with Crippen molar-refractivity contribution >= 4 is 28.6 Å². The normalized spacial score (nSPS) is 9.62. The van der Waals surface area contributed by atoms with Gasteiger partial charge in [-0.3, -0.25) is 4.79 Å². The summed E-state index contributed by atoms with van der Waals surface area (Å²) in [5.74, 6) is 0.560. The van der Waals surface area contributed by atoms with Gasteiger partial charge in [-0.15, -0.1) is 0 Å². The van der Waals surface area contributed by atoms with Crippen molar-refractivity contribution < 1.29 is 14.3 Å². The lowest BCUT2D eigenvalue weighted by atomic mass is 10.1. The zero-order chi connectivity index (χ0) is 12.0. The summed E-state index contributed by atoms with van der Waals surface area (Å²) in [7, 11) is 1.38. The monoisotopic (exact) mass is 332 g/mol. The fourth-order valence-electron chi connectivity index (χ4n) is 1.16. The molecule has 1 aromatic rings. The van der Waals surface area contributed by atoms with E-state index >= 15 is 0 Å². The third kappa shape index (κ3) is 3.84. The molecule has 0 aromatic heterocycles. The van der Waals surface area contributed by atoms with Crippen molar-refractivity contribution in [2.45, 2.75) is 6.42 Å².